The molecule has 10 heavy (non-hydrogen) atoms. The number of nitrogens with one attached hydrogen (secondary N) is 1. The molecule has 0 aliphatic rings. The predicted molar refractivity (Wildman–Crippen MR) is 46.9 cm³/mol. The first kappa shape index (κ1) is 9.54. The molecular weight excluding hydrogens is 122 g/mol. The third-order valence-corrected chi connectivity index (χ3v) is 1.73. The Morgan fingerprint density at radius 3 is 2.10 bits per heavy atom. The molecule has 0 bridgehead atoms. The van der Waals surface area contributed by atoms with E-state index in [0.29, 0.717) is 0 Å². The van der Waals surface area contributed by atoms with E-state index < -0.39 is 0 Å². The normalized spacial score (nSPS) is 13.4. The Labute approximate surface area is 64.5 Å². The zero-order valence-corrected chi connectivity index (χ0v) is 7.78. The monoisotopic (exact) mass is 141 g/mol. The standard InChI is InChI=1S/C9H19N/c1-7(2)6-8(3)9(4)10-5/h7,10H,6H2,1-5H3/b9-8+. The van der Waals surface area contributed by atoms with Crippen molar-refractivity contribution in [2.24, 2.45) is 5.92 Å². The zero-order valence-electron chi connectivity index (χ0n) is 7.78. The van der Waals surface area contributed by atoms with Gasteiger partial charge in [-0.05, 0) is 26.2 Å². The molecule has 60 valence electrons. The van der Waals surface area contributed by atoms with Crippen molar-refractivity contribution in [2.75, 3.05) is 7.05 Å². The van der Waals surface area contributed by atoms with Crippen molar-refractivity contribution in [2.45, 2.75) is 34.1 Å². The van der Waals surface area contributed by atoms with Crippen LogP contribution in [0.1, 0.15) is 34.1 Å². The SMILES string of the molecule is CN/C(C)=C(\C)CC(C)C. The van der Waals surface area contributed by atoms with Crippen LogP contribution in [0.3, 0.4) is 0 Å². The Balaban J connectivity index is 3.92. The molecule has 0 amide bonds. The van der Waals surface area contributed by atoms with Gasteiger partial charge in [-0.1, -0.05) is 19.4 Å². The Morgan fingerprint density at radius 1 is 1.30 bits per heavy atom. The van der Waals surface area contributed by atoms with Crippen LogP contribution in [0.15, 0.2) is 11.3 Å². The van der Waals surface area contributed by atoms with Gasteiger partial charge in [0.1, 0.15) is 0 Å². The molecule has 0 heterocycles. The minimum atomic E-state index is 0.767. The molecule has 1 N–H and O–H groups in total. The Hall–Kier alpha value is -0.460. The molecule has 0 aliphatic heterocycles. The molecular formula is C9H19N. The first-order valence-electron chi connectivity index (χ1n) is 3.92. The summed E-state index contributed by atoms with van der Waals surface area (Å²) in [7, 11) is 1.97. The number of rotatable bonds is 3. The molecule has 0 radical (unpaired) electrons. The van der Waals surface area contributed by atoms with E-state index in [9.17, 15) is 0 Å². The van der Waals surface area contributed by atoms with Gasteiger partial charge in [0, 0.05) is 12.7 Å². The molecule has 0 unspecified atom stereocenters. The van der Waals surface area contributed by atoms with Crippen molar-refractivity contribution in [3.8, 4) is 0 Å². The fourth-order valence-corrected chi connectivity index (χ4v) is 0.979. The van der Waals surface area contributed by atoms with Gasteiger partial charge in [0.2, 0.25) is 0 Å². The van der Waals surface area contributed by atoms with Gasteiger partial charge in [-0.15, -0.1) is 0 Å². The van der Waals surface area contributed by atoms with Crippen molar-refractivity contribution in [3.05, 3.63) is 11.3 Å². The maximum atomic E-state index is 3.15. The summed E-state index contributed by atoms with van der Waals surface area (Å²) in [6, 6.07) is 0. The fraction of sp³-hybridized carbons (Fsp3) is 0.778. The average molecular weight is 141 g/mol. The summed E-state index contributed by atoms with van der Waals surface area (Å²) in [6.07, 6.45) is 1.20. The van der Waals surface area contributed by atoms with Gasteiger partial charge in [-0.2, -0.15) is 0 Å². The van der Waals surface area contributed by atoms with Crippen molar-refractivity contribution >= 4 is 0 Å². The van der Waals surface area contributed by atoms with Gasteiger partial charge in [-0.3, -0.25) is 0 Å². The van der Waals surface area contributed by atoms with Gasteiger partial charge in [0.15, 0.2) is 0 Å². The highest BCUT2D eigenvalue weighted by atomic mass is 14.8. The number of hydrogen-bond donors (Lipinski definition) is 1. The third kappa shape index (κ3) is 3.54. The molecule has 0 aliphatic carbocycles. The molecule has 0 saturated carbocycles. The van der Waals surface area contributed by atoms with Crippen LogP contribution in [0.25, 0.3) is 0 Å². The van der Waals surface area contributed by atoms with Crippen molar-refractivity contribution < 1.29 is 0 Å². The van der Waals surface area contributed by atoms with Crippen molar-refractivity contribution in [3.63, 3.8) is 0 Å². The molecule has 1 nitrogen and oxygen atoms in total. The molecule has 1 heteroatoms. The molecule has 0 rings (SSSR count). The summed E-state index contributed by atoms with van der Waals surface area (Å²) in [5.74, 6) is 0.767. The van der Waals surface area contributed by atoms with E-state index in [1.165, 1.54) is 17.7 Å². The smallest absolute Gasteiger partial charge is 0.00616 e. The highest BCUT2D eigenvalue weighted by molar-refractivity contribution is 5.07. The van der Waals surface area contributed by atoms with Crippen LogP contribution in [-0.2, 0) is 0 Å². The average Bonchev–Trinajstić information content (AvgIpc) is 1.85. The van der Waals surface area contributed by atoms with Crippen LogP contribution in [0.4, 0.5) is 0 Å². The van der Waals surface area contributed by atoms with Gasteiger partial charge in [0.25, 0.3) is 0 Å². The van der Waals surface area contributed by atoms with E-state index in [1.54, 1.807) is 0 Å². The van der Waals surface area contributed by atoms with Crippen LogP contribution in [-0.4, -0.2) is 7.05 Å². The molecule has 0 atom stereocenters. The van der Waals surface area contributed by atoms with Gasteiger partial charge in [-0.25, -0.2) is 0 Å². The molecule has 0 saturated heterocycles. The topological polar surface area (TPSA) is 12.0 Å². The summed E-state index contributed by atoms with van der Waals surface area (Å²) < 4.78 is 0. The van der Waals surface area contributed by atoms with Crippen LogP contribution in [0.5, 0.6) is 0 Å². The Kier molecular flexibility index (Phi) is 4.17. The van der Waals surface area contributed by atoms with E-state index in [1.807, 2.05) is 7.05 Å². The number of hydrogen-bond acceptors (Lipinski definition) is 1. The second-order valence-corrected chi connectivity index (χ2v) is 3.25. The molecule has 0 aromatic heterocycles. The largest absolute Gasteiger partial charge is 0.392 e. The van der Waals surface area contributed by atoms with E-state index in [-0.39, 0.29) is 0 Å². The van der Waals surface area contributed by atoms with Crippen LogP contribution >= 0.6 is 0 Å². The zero-order chi connectivity index (χ0) is 8.15. The first-order chi connectivity index (χ1) is 4.57. The second kappa shape index (κ2) is 4.37. The molecule has 0 fully saturated rings. The third-order valence-electron chi connectivity index (χ3n) is 1.73. The van der Waals surface area contributed by atoms with Gasteiger partial charge >= 0.3 is 0 Å². The summed E-state index contributed by atoms with van der Waals surface area (Å²) in [6.45, 7) is 8.79. The quantitative estimate of drug-likeness (QED) is 0.637. The maximum Gasteiger partial charge on any atom is 0.00616 e. The lowest BCUT2D eigenvalue weighted by Gasteiger charge is -2.08. The number of allylic oxidation sites excluding steroid dienone is 2. The van der Waals surface area contributed by atoms with Gasteiger partial charge < -0.3 is 5.32 Å². The Bertz CT molecular complexity index is 123. The molecule has 0 aromatic carbocycles. The molecule has 0 spiro atoms. The van der Waals surface area contributed by atoms with E-state index in [2.05, 4.69) is 33.0 Å². The summed E-state index contributed by atoms with van der Waals surface area (Å²) in [5, 5.41) is 3.15. The van der Waals surface area contributed by atoms with E-state index >= 15 is 0 Å². The highest BCUT2D eigenvalue weighted by Crippen LogP contribution is 2.11. The van der Waals surface area contributed by atoms with E-state index in [4.69, 9.17) is 0 Å². The minimum absolute atomic E-state index is 0.767. The van der Waals surface area contributed by atoms with E-state index in [0.717, 1.165) is 5.92 Å². The van der Waals surface area contributed by atoms with Crippen LogP contribution < -0.4 is 5.32 Å². The van der Waals surface area contributed by atoms with Gasteiger partial charge in [0.05, 0.1) is 0 Å². The van der Waals surface area contributed by atoms with Crippen molar-refractivity contribution in [1.29, 1.82) is 0 Å². The molecule has 0 aromatic rings. The summed E-state index contributed by atoms with van der Waals surface area (Å²) in [4.78, 5) is 0. The predicted octanol–water partition coefficient (Wildman–Crippen LogP) is 2.55. The maximum absolute atomic E-state index is 3.15. The summed E-state index contributed by atoms with van der Waals surface area (Å²) >= 11 is 0. The van der Waals surface area contributed by atoms with Crippen LogP contribution in [0.2, 0.25) is 0 Å². The fourth-order valence-electron chi connectivity index (χ4n) is 0.979. The minimum Gasteiger partial charge on any atom is -0.392 e. The lowest BCUT2D eigenvalue weighted by atomic mass is 10.0. The Morgan fingerprint density at radius 2 is 1.80 bits per heavy atom. The second-order valence-electron chi connectivity index (χ2n) is 3.25. The van der Waals surface area contributed by atoms with Crippen molar-refractivity contribution in [1.82, 2.24) is 5.32 Å². The van der Waals surface area contributed by atoms with Crippen LogP contribution in [0, 0.1) is 5.92 Å². The highest BCUT2D eigenvalue weighted by Gasteiger charge is 1.97. The summed E-state index contributed by atoms with van der Waals surface area (Å²) in [5.41, 5.74) is 2.78. The lowest BCUT2D eigenvalue weighted by molar-refractivity contribution is 0.634. The lowest BCUT2D eigenvalue weighted by Crippen LogP contribution is -2.05. The first-order valence-corrected chi connectivity index (χ1v) is 3.92.